The fourth-order valence-electron chi connectivity index (χ4n) is 2.52. The number of nitrogens with one attached hydrogen (secondary N) is 2. The predicted octanol–water partition coefficient (Wildman–Crippen LogP) is 0.162. The minimum Gasteiger partial charge on any atom is -0.408 e. The van der Waals surface area contributed by atoms with Gasteiger partial charge < -0.3 is 9.73 Å². The summed E-state index contributed by atoms with van der Waals surface area (Å²) < 4.78 is 33.8. The Hall–Kier alpha value is -1.64. The molecule has 21 heavy (non-hydrogen) atoms. The summed E-state index contributed by atoms with van der Waals surface area (Å²) in [5.74, 6) is -0.510. The zero-order valence-corrected chi connectivity index (χ0v) is 12.4. The van der Waals surface area contributed by atoms with E-state index < -0.39 is 15.8 Å². The first-order valence-electron chi connectivity index (χ1n) is 6.80. The van der Waals surface area contributed by atoms with Crippen LogP contribution in [0.1, 0.15) is 12.8 Å². The Morgan fingerprint density at radius 3 is 2.95 bits per heavy atom. The molecule has 1 aliphatic heterocycles. The molecule has 0 saturated carbocycles. The second-order valence-corrected chi connectivity index (χ2v) is 6.94. The van der Waals surface area contributed by atoms with Crippen molar-refractivity contribution in [2.24, 2.45) is 7.05 Å². The lowest BCUT2D eigenvalue weighted by molar-refractivity contribution is 0.428. The zero-order chi connectivity index (χ0) is 15.0. The van der Waals surface area contributed by atoms with Gasteiger partial charge in [-0.1, -0.05) is 0 Å². The Bertz CT molecular complexity index is 816. The maximum Gasteiger partial charge on any atom is 0.419 e. The highest BCUT2D eigenvalue weighted by Gasteiger charge is 2.22. The SMILES string of the molecule is Cn1c(=O)oc2cc(S(=O)(=O)N[C@H]3CCCNC3)ccc21. The summed E-state index contributed by atoms with van der Waals surface area (Å²) in [6, 6.07) is 4.33. The lowest BCUT2D eigenvalue weighted by Gasteiger charge is -2.23. The van der Waals surface area contributed by atoms with E-state index in [1.54, 1.807) is 13.1 Å². The summed E-state index contributed by atoms with van der Waals surface area (Å²) in [6.45, 7) is 1.54. The number of aryl methyl sites for hydroxylation is 1. The highest BCUT2D eigenvalue weighted by atomic mass is 32.2. The van der Waals surface area contributed by atoms with Crippen molar-refractivity contribution in [2.75, 3.05) is 13.1 Å². The van der Waals surface area contributed by atoms with Gasteiger partial charge in [-0.25, -0.2) is 17.9 Å². The van der Waals surface area contributed by atoms with Crippen molar-refractivity contribution in [1.29, 1.82) is 0 Å². The zero-order valence-electron chi connectivity index (χ0n) is 11.6. The van der Waals surface area contributed by atoms with E-state index in [-0.39, 0.29) is 16.5 Å². The van der Waals surface area contributed by atoms with Gasteiger partial charge in [0, 0.05) is 25.7 Å². The van der Waals surface area contributed by atoms with Crippen LogP contribution in [-0.2, 0) is 17.1 Å². The Balaban J connectivity index is 1.92. The first kappa shape index (κ1) is 14.3. The standard InChI is InChI=1S/C13H17N3O4S/c1-16-11-5-4-10(7-12(11)20-13(16)17)21(18,19)15-9-3-2-6-14-8-9/h4-5,7,9,14-15H,2-3,6,8H2,1H3/t9-/m0/s1. The number of hydrogen-bond donors (Lipinski definition) is 2. The van der Waals surface area contributed by atoms with Crippen LogP contribution in [0.5, 0.6) is 0 Å². The topological polar surface area (TPSA) is 93.3 Å². The molecule has 1 aromatic heterocycles. The third kappa shape index (κ3) is 2.74. The van der Waals surface area contributed by atoms with Crippen molar-refractivity contribution < 1.29 is 12.8 Å². The normalized spacial score (nSPS) is 20.0. The number of hydrogen-bond acceptors (Lipinski definition) is 5. The summed E-state index contributed by atoms with van der Waals surface area (Å²) >= 11 is 0. The Kier molecular flexibility index (Phi) is 3.60. The summed E-state index contributed by atoms with van der Waals surface area (Å²) in [4.78, 5) is 11.5. The maximum absolute atomic E-state index is 12.4. The summed E-state index contributed by atoms with van der Waals surface area (Å²) in [5, 5.41) is 3.16. The average Bonchev–Trinajstić information content (AvgIpc) is 2.74. The summed E-state index contributed by atoms with van der Waals surface area (Å²) in [7, 11) is -2.04. The highest BCUT2D eigenvalue weighted by molar-refractivity contribution is 7.89. The number of aromatic nitrogens is 1. The molecule has 114 valence electrons. The minimum absolute atomic E-state index is 0.106. The molecular weight excluding hydrogens is 294 g/mol. The van der Waals surface area contributed by atoms with Crippen LogP contribution >= 0.6 is 0 Å². The smallest absolute Gasteiger partial charge is 0.408 e. The third-order valence-electron chi connectivity index (χ3n) is 3.69. The molecule has 1 saturated heterocycles. The van der Waals surface area contributed by atoms with Gasteiger partial charge in [0.15, 0.2) is 5.58 Å². The Morgan fingerprint density at radius 2 is 2.24 bits per heavy atom. The molecule has 2 N–H and O–H groups in total. The molecule has 1 aromatic carbocycles. The van der Waals surface area contributed by atoms with E-state index in [2.05, 4.69) is 10.0 Å². The molecule has 0 unspecified atom stereocenters. The van der Waals surface area contributed by atoms with Crippen molar-refractivity contribution in [3.63, 3.8) is 0 Å². The fraction of sp³-hybridized carbons (Fsp3) is 0.462. The first-order chi connectivity index (χ1) is 9.97. The molecule has 2 heterocycles. The van der Waals surface area contributed by atoms with Crippen LogP contribution in [0.3, 0.4) is 0 Å². The fourth-order valence-corrected chi connectivity index (χ4v) is 3.81. The minimum atomic E-state index is -3.62. The van der Waals surface area contributed by atoms with Crippen molar-refractivity contribution in [1.82, 2.24) is 14.6 Å². The van der Waals surface area contributed by atoms with Gasteiger partial charge in [0.2, 0.25) is 10.0 Å². The lowest BCUT2D eigenvalue weighted by Crippen LogP contribution is -2.45. The van der Waals surface area contributed by atoms with Crippen LogP contribution in [0.15, 0.2) is 32.3 Å². The van der Waals surface area contributed by atoms with Crippen molar-refractivity contribution in [3.05, 3.63) is 28.7 Å². The highest BCUT2D eigenvalue weighted by Crippen LogP contribution is 2.18. The molecule has 1 fully saturated rings. The van der Waals surface area contributed by atoms with Crippen LogP contribution in [0.25, 0.3) is 11.1 Å². The van der Waals surface area contributed by atoms with Gasteiger partial charge in [-0.05, 0) is 31.5 Å². The van der Waals surface area contributed by atoms with Crippen LogP contribution in [0.4, 0.5) is 0 Å². The number of fused-ring (bicyclic) bond motifs is 1. The predicted molar refractivity (Wildman–Crippen MR) is 77.7 cm³/mol. The second kappa shape index (κ2) is 5.28. The van der Waals surface area contributed by atoms with Gasteiger partial charge in [-0.15, -0.1) is 0 Å². The molecule has 0 aliphatic carbocycles. The van der Waals surface area contributed by atoms with E-state index in [0.717, 1.165) is 19.4 Å². The molecule has 7 nitrogen and oxygen atoms in total. The quantitative estimate of drug-likeness (QED) is 0.842. The number of sulfonamides is 1. The molecule has 0 spiro atoms. The van der Waals surface area contributed by atoms with Gasteiger partial charge in [-0.3, -0.25) is 4.57 Å². The molecule has 3 rings (SSSR count). The monoisotopic (exact) mass is 311 g/mol. The van der Waals surface area contributed by atoms with E-state index in [1.807, 2.05) is 0 Å². The summed E-state index contributed by atoms with van der Waals surface area (Å²) in [5.41, 5.74) is 0.838. The third-order valence-corrected chi connectivity index (χ3v) is 5.21. The largest absolute Gasteiger partial charge is 0.419 e. The molecule has 2 aromatic rings. The van der Waals surface area contributed by atoms with Crippen molar-refractivity contribution >= 4 is 21.1 Å². The van der Waals surface area contributed by atoms with Crippen LogP contribution < -0.4 is 15.8 Å². The van der Waals surface area contributed by atoms with Gasteiger partial charge in [0.25, 0.3) is 0 Å². The number of benzene rings is 1. The number of oxazole rings is 1. The second-order valence-electron chi connectivity index (χ2n) is 5.22. The van der Waals surface area contributed by atoms with E-state index >= 15 is 0 Å². The molecule has 0 radical (unpaired) electrons. The van der Waals surface area contributed by atoms with Crippen molar-refractivity contribution in [2.45, 2.75) is 23.8 Å². The van der Waals surface area contributed by atoms with E-state index in [4.69, 9.17) is 4.42 Å². The maximum atomic E-state index is 12.4. The lowest BCUT2D eigenvalue weighted by atomic mass is 10.1. The van der Waals surface area contributed by atoms with Gasteiger partial charge in [-0.2, -0.15) is 0 Å². The molecule has 1 atom stereocenters. The number of piperidine rings is 1. The number of rotatable bonds is 3. The van der Waals surface area contributed by atoms with E-state index in [0.29, 0.717) is 12.1 Å². The van der Waals surface area contributed by atoms with E-state index in [1.165, 1.54) is 16.7 Å². The molecular formula is C13H17N3O4S. The van der Waals surface area contributed by atoms with E-state index in [9.17, 15) is 13.2 Å². The molecule has 0 bridgehead atoms. The van der Waals surface area contributed by atoms with Gasteiger partial charge in [0.1, 0.15) is 0 Å². The average molecular weight is 311 g/mol. The van der Waals surface area contributed by atoms with Crippen LogP contribution in [-0.4, -0.2) is 32.1 Å². The Morgan fingerprint density at radius 1 is 1.43 bits per heavy atom. The first-order valence-corrected chi connectivity index (χ1v) is 8.28. The Labute approximate surface area is 122 Å². The molecule has 8 heteroatoms. The van der Waals surface area contributed by atoms with Crippen LogP contribution in [0.2, 0.25) is 0 Å². The number of nitrogens with zero attached hydrogens (tertiary/aromatic N) is 1. The van der Waals surface area contributed by atoms with Crippen molar-refractivity contribution in [3.8, 4) is 0 Å². The molecule has 1 aliphatic rings. The van der Waals surface area contributed by atoms with Gasteiger partial charge >= 0.3 is 5.76 Å². The molecule has 0 amide bonds. The van der Waals surface area contributed by atoms with Crippen LogP contribution in [0, 0.1) is 0 Å². The van der Waals surface area contributed by atoms with Gasteiger partial charge in [0.05, 0.1) is 10.4 Å². The summed E-state index contributed by atoms with van der Waals surface area (Å²) in [6.07, 6.45) is 1.76.